The number of aromatic nitrogens is 2. The molecule has 22 heavy (non-hydrogen) atoms. The van der Waals surface area contributed by atoms with Gasteiger partial charge in [-0.25, -0.2) is 4.98 Å². The summed E-state index contributed by atoms with van der Waals surface area (Å²) in [7, 11) is 0. The van der Waals surface area contributed by atoms with Crippen molar-refractivity contribution in [2.24, 2.45) is 5.92 Å². The monoisotopic (exact) mass is 308 g/mol. The Hall–Kier alpha value is -1.87. The van der Waals surface area contributed by atoms with Crippen LogP contribution in [0.25, 0.3) is 0 Å². The number of thiophene rings is 1. The van der Waals surface area contributed by atoms with Gasteiger partial charge >= 0.3 is 0 Å². The quantitative estimate of drug-likeness (QED) is 0.689. The Morgan fingerprint density at radius 3 is 2.82 bits per heavy atom. The minimum Gasteiger partial charge on any atom is -0.329 e. The Bertz CT molecular complexity index is 757. The molecule has 3 heteroatoms. The zero-order valence-corrected chi connectivity index (χ0v) is 13.6. The zero-order chi connectivity index (χ0) is 14.9. The molecule has 0 fully saturated rings. The molecular formula is C19H20N2S. The summed E-state index contributed by atoms with van der Waals surface area (Å²) in [6, 6.07) is 11.6. The lowest BCUT2D eigenvalue weighted by Crippen LogP contribution is -2.25. The predicted molar refractivity (Wildman–Crippen MR) is 91.4 cm³/mol. The number of rotatable bonds is 3. The van der Waals surface area contributed by atoms with Crippen molar-refractivity contribution in [1.29, 1.82) is 0 Å². The molecule has 3 aromatic rings. The highest BCUT2D eigenvalue weighted by Crippen LogP contribution is 2.39. The van der Waals surface area contributed by atoms with E-state index in [2.05, 4.69) is 58.4 Å². The molecule has 2 heterocycles. The number of nitrogens with zero attached hydrogens (tertiary/aromatic N) is 2. The van der Waals surface area contributed by atoms with Gasteiger partial charge in [0.2, 0.25) is 0 Å². The van der Waals surface area contributed by atoms with Crippen LogP contribution in [0.5, 0.6) is 0 Å². The first-order valence-electron chi connectivity index (χ1n) is 7.91. The Balaban J connectivity index is 1.72. The standard InChI is InChI=1S/C19H20N2S/c1-14-8-11-22-19(14)18(21-10-9-20-13-21)17-7-6-15-4-2-3-5-16(15)12-17/h2-5,8-11,13,17-18H,6-7,12H2,1H3. The van der Waals surface area contributed by atoms with Crippen LogP contribution in [0.3, 0.4) is 0 Å². The molecule has 1 aromatic carbocycles. The van der Waals surface area contributed by atoms with Crippen molar-refractivity contribution in [3.8, 4) is 0 Å². The van der Waals surface area contributed by atoms with Gasteiger partial charge in [0.05, 0.1) is 12.4 Å². The lowest BCUT2D eigenvalue weighted by atomic mass is 9.79. The van der Waals surface area contributed by atoms with E-state index in [1.54, 1.807) is 0 Å². The van der Waals surface area contributed by atoms with E-state index in [1.165, 1.54) is 34.4 Å². The van der Waals surface area contributed by atoms with Gasteiger partial charge in [0, 0.05) is 17.3 Å². The van der Waals surface area contributed by atoms with Crippen molar-refractivity contribution in [3.63, 3.8) is 0 Å². The summed E-state index contributed by atoms with van der Waals surface area (Å²) in [4.78, 5) is 5.78. The first-order valence-corrected chi connectivity index (χ1v) is 8.79. The van der Waals surface area contributed by atoms with Crippen LogP contribution < -0.4 is 0 Å². The molecule has 0 spiro atoms. The van der Waals surface area contributed by atoms with Crippen molar-refractivity contribution in [2.75, 3.05) is 0 Å². The van der Waals surface area contributed by atoms with Gasteiger partial charge in [-0.05, 0) is 60.2 Å². The van der Waals surface area contributed by atoms with E-state index in [0.717, 1.165) is 6.42 Å². The lowest BCUT2D eigenvalue weighted by Gasteiger charge is -2.32. The van der Waals surface area contributed by atoms with Crippen LogP contribution in [0.2, 0.25) is 0 Å². The molecule has 0 saturated carbocycles. The SMILES string of the molecule is Cc1ccsc1C(C1CCc2ccccc2C1)n1ccnc1. The molecule has 0 amide bonds. The summed E-state index contributed by atoms with van der Waals surface area (Å²) >= 11 is 1.88. The summed E-state index contributed by atoms with van der Waals surface area (Å²) in [6.45, 7) is 2.23. The van der Waals surface area contributed by atoms with Crippen LogP contribution in [0.1, 0.15) is 34.0 Å². The van der Waals surface area contributed by atoms with Gasteiger partial charge in [0.1, 0.15) is 0 Å². The molecule has 112 valence electrons. The third kappa shape index (κ3) is 2.40. The predicted octanol–water partition coefficient (Wildman–Crippen LogP) is 4.65. The minimum atomic E-state index is 0.413. The molecule has 1 aliphatic rings. The Labute approximate surface area is 135 Å². The van der Waals surface area contributed by atoms with Crippen molar-refractivity contribution in [3.05, 3.63) is 76.0 Å². The second-order valence-electron chi connectivity index (χ2n) is 6.19. The summed E-state index contributed by atoms with van der Waals surface area (Å²) in [5.41, 5.74) is 4.46. The fourth-order valence-electron chi connectivity index (χ4n) is 3.71. The fourth-order valence-corrected chi connectivity index (χ4v) is 4.84. The largest absolute Gasteiger partial charge is 0.329 e. The normalized spacial score (nSPS) is 18.9. The molecular weight excluding hydrogens is 288 g/mol. The smallest absolute Gasteiger partial charge is 0.0952 e. The summed E-state index contributed by atoms with van der Waals surface area (Å²) in [6.07, 6.45) is 9.59. The van der Waals surface area contributed by atoms with Gasteiger partial charge in [-0.15, -0.1) is 11.3 Å². The van der Waals surface area contributed by atoms with Crippen molar-refractivity contribution in [1.82, 2.24) is 9.55 Å². The number of imidazole rings is 1. The third-order valence-corrected chi connectivity index (χ3v) is 5.94. The highest BCUT2D eigenvalue weighted by molar-refractivity contribution is 7.10. The molecule has 0 bridgehead atoms. The van der Waals surface area contributed by atoms with E-state index >= 15 is 0 Å². The van der Waals surface area contributed by atoms with Gasteiger partial charge in [0.25, 0.3) is 0 Å². The fraction of sp³-hybridized carbons (Fsp3) is 0.316. The minimum absolute atomic E-state index is 0.413. The van der Waals surface area contributed by atoms with Crippen molar-refractivity contribution < 1.29 is 0 Å². The molecule has 0 N–H and O–H groups in total. The maximum atomic E-state index is 4.29. The maximum Gasteiger partial charge on any atom is 0.0952 e. The summed E-state index contributed by atoms with van der Waals surface area (Å²) < 4.78 is 2.30. The lowest BCUT2D eigenvalue weighted by molar-refractivity contribution is 0.341. The van der Waals surface area contributed by atoms with E-state index in [-0.39, 0.29) is 0 Å². The second-order valence-corrected chi connectivity index (χ2v) is 7.14. The highest BCUT2D eigenvalue weighted by atomic mass is 32.1. The van der Waals surface area contributed by atoms with Crippen LogP contribution >= 0.6 is 11.3 Å². The van der Waals surface area contributed by atoms with Gasteiger partial charge in [0.15, 0.2) is 0 Å². The molecule has 4 rings (SSSR count). The molecule has 2 unspecified atom stereocenters. The average molecular weight is 308 g/mol. The van der Waals surface area contributed by atoms with Crippen LogP contribution in [-0.2, 0) is 12.8 Å². The second kappa shape index (κ2) is 5.73. The maximum absolute atomic E-state index is 4.29. The summed E-state index contributed by atoms with van der Waals surface area (Å²) in [5, 5.41) is 2.21. The Morgan fingerprint density at radius 2 is 2.09 bits per heavy atom. The molecule has 2 nitrogen and oxygen atoms in total. The number of aryl methyl sites for hydroxylation is 2. The topological polar surface area (TPSA) is 17.8 Å². The third-order valence-electron chi connectivity index (χ3n) is 4.85. The van der Waals surface area contributed by atoms with E-state index < -0.39 is 0 Å². The molecule has 2 aromatic heterocycles. The number of hydrogen-bond donors (Lipinski definition) is 0. The van der Waals surface area contributed by atoms with Gasteiger partial charge in [-0.1, -0.05) is 24.3 Å². The first-order chi connectivity index (χ1) is 10.8. The van der Waals surface area contributed by atoms with Crippen molar-refractivity contribution >= 4 is 11.3 Å². The van der Waals surface area contributed by atoms with E-state index in [0.29, 0.717) is 12.0 Å². The molecule has 2 atom stereocenters. The average Bonchev–Trinajstić information content (AvgIpc) is 3.21. The Kier molecular flexibility index (Phi) is 3.59. The number of benzene rings is 1. The Morgan fingerprint density at radius 1 is 1.23 bits per heavy atom. The molecule has 1 aliphatic carbocycles. The van der Waals surface area contributed by atoms with Crippen molar-refractivity contribution in [2.45, 2.75) is 32.2 Å². The van der Waals surface area contributed by atoms with Gasteiger partial charge < -0.3 is 4.57 Å². The van der Waals surface area contributed by atoms with Gasteiger partial charge in [-0.3, -0.25) is 0 Å². The molecule has 0 aliphatic heterocycles. The zero-order valence-electron chi connectivity index (χ0n) is 12.8. The van der Waals surface area contributed by atoms with Crippen LogP contribution in [0, 0.1) is 12.8 Å². The van der Waals surface area contributed by atoms with E-state index in [1.807, 2.05) is 23.9 Å². The van der Waals surface area contributed by atoms with E-state index in [4.69, 9.17) is 0 Å². The van der Waals surface area contributed by atoms with Crippen LogP contribution in [0.15, 0.2) is 54.4 Å². The first kappa shape index (κ1) is 13.8. The summed E-state index contributed by atoms with van der Waals surface area (Å²) in [5.74, 6) is 0.640. The van der Waals surface area contributed by atoms with Gasteiger partial charge in [-0.2, -0.15) is 0 Å². The van der Waals surface area contributed by atoms with E-state index in [9.17, 15) is 0 Å². The number of hydrogen-bond acceptors (Lipinski definition) is 2. The number of fused-ring (bicyclic) bond motifs is 1. The molecule has 0 radical (unpaired) electrons. The highest BCUT2D eigenvalue weighted by Gasteiger charge is 2.30. The van der Waals surface area contributed by atoms with Crippen LogP contribution in [-0.4, -0.2) is 9.55 Å². The van der Waals surface area contributed by atoms with Crippen LogP contribution in [0.4, 0.5) is 0 Å². The molecule has 0 saturated heterocycles.